The third-order valence-electron chi connectivity index (χ3n) is 4.89. The highest BCUT2D eigenvalue weighted by Gasteiger charge is 2.18. The number of rotatable bonds is 7. The number of fused-ring (bicyclic) bond motifs is 1. The maximum atomic E-state index is 12.9. The number of benzene rings is 2. The summed E-state index contributed by atoms with van der Waals surface area (Å²) >= 11 is 0. The van der Waals surface area contributed by atoms with E-state index < -0.39 is 10.0 Å². The van der Waals surface area contributed by atoms with E-state index in [9.17, 15) is 8.42 Å². The van der Waals surface area contributed by atoms with E-state index in [0.717, 1.165) is 11.4 Å². The maximum absolute atomic E-state index is 12.9. The van der Waals surface area contributed by atoms with Crippen LogP contribution in [0.1, 0.15) is 5.56 Å². The van der Waals surface area contributed by atoms with Gasteiger partial charge in [-0.15, -0.1) is 0 Å². The van der Waals surface area contributed by atoms with E-state index in [0.29, 0.717) is 23.4 Å². The molecule has 5 rings (SSSR count). The molecule has 0 saturated carbocycles. The van der Waals surface area contributed by atoms with Gasteiger partial charge in [0.1, 0.15) is 12.1 Å². The van der Waals surface area contributed by atoms with E-state index in [2.05, 4.69) is 30.0 Å². The fourth-order valence-corrected chi connectivity index (χ4v) is 4.26. The van der Waals surface area contributed by atoms with E-state index in [-0.39, 0.29) is 10.7 Å². The number of hydrogen-bond acceptors (Lipinski definition) is 7. The van der Waals surface area contributed by atoms with Crippen LogP contribution in [-0.4, -0.2) is 32.9 Å². The monoisotopic (exact) mass is 457 g/mol. The first-order valence-electron chi connectivity index (χ1n) is 10.1. The molecule has 0 radical (unpaired) electrons. The molecular weight excluding hydrogens is 438 g/mol. The zero-order chi connectivity index (χ0) is 22.7. The van der Waals surface area contributed by atoms with Crippen LogP contribution in [0.2, 0.25) is 0 Å². The third-order valence-corrected chi connectivity index (χ3v) is 6.25. The first-order chi connectivity index (χ1) is 16.1. The Labute approximate surface area is 190 Å². The van der Waals surface area contributed by atoms with Gasteiger partial charge in [0, 0.05) is 25.1 Å². The quantitative estimate of drug-likeness (QED) is 0.384. The molecule has 3 aromatic heterocycles. The molecule has 0 bridgehead atoms. The summed E-state index contributed by atoms with van der Waals surface area (Å²) in [4.78, 5) is 17.7. The number of imidazole rings is 1. The molecule has 0 aliphatic carbocycles. The molecule has 0 aliphatic heterocycles. The maximum Gasteiger partial charge on any atom is 0.263 e. The van der Waals surface area contributed by atoms with E-state index in [1.54, 1.807) is 43.0 Å². The second kappa shape index (κ2) is 8.67. The van der Waals surface area contributed by atoms with Crippen LogP contribution in [0.4, 0.5) is 11.6 Å². The lowest BCUT2D eigenvalue weighted by Crippen LogP contribution is -2.16. The summed E-state index contributed by atoms with van der Waals surface area (Å²) in [6, 6.07) is 19.2. The van der Waals surface area contributed by atoms with Crippen LogP contribution in [0.5, 0.6) is 0 Å². The van der Waals surface area contributed by atoms with Gasteiger partial charge >= 0.3 is 0 Å². The van der Waals surface area contributed by atoms with Crippen LogP contribution in [-0.2, 0) is 16.6 Å². The minimum Gasteiger partial charge on any atom is -0.363 e. The summed E-state index contributed by atoms with van der Waals surface area (Å²) in [7, 11) is -3.83. The van der Waals surface area contributed by atoms with Gasteiger partial charge in [0.05, 0.1) is 15.9 Å². The standard InChI is InChI=1S/C23H19N7O2S/c31-33(32,18-6-2-1-3-7-18)29-23-22(27-19-8-4-5-9-20(19)28-23)26-15-17-10-11-21(25-14-17)30-13-12-24-16-30/h1-14,16H,15H2,(H,26,27)(H,28,29). The zero-order valence-corrected chi connectivity index (χ0v) is 18.1. The Hall–Kier alpha value is -4.31. The van der Waals surface area contributed by atoms with Gasteiger partial charge in [-0.25, -0.2) is 28.4 Å². The average Bonchev–Trinajstić information content (AvgIpc) is 3.38. The lowest BCUT2D eigenvalue weighted by molar-refractivity contribution is 0.601. The average molecular weight is 458 g/mol. The fourth-order valence-electron chi connectivity index (χ4n) is 3.23. The summed E-state index contributed by atoms with van der Waals surface area (Å²) in [5.41, 5.74) is 2.13. The number of aromatic nitrogens is 5. The summed E-state index contributed by atoms with van der Waals surface area (Å²) in [6.45, 7) is 0.379. The summed E-state index contributed by atoms with van der Waals surface area (Å²) < 4.78 is 30.2. The molecular formula is C23H19N7O2S. The Morgan fingerprint density at radius 2 is 1.58 bits per heavy atom. The topological polar surface area (TPSA) is 115 Å². The molecule has 0 spiro atoms. The molecule has 10 heteroatoms. The number of anilines is 2. The van der Waals surface area contributed by atoms with Crippen molar-refractivity contribution in [3.8, 4) is 5.82 Å². The number of para-hydroxylation sites is 2. The van der Waals surface area contributed by atoms with E-state index in [1.165, 1.54) is 12.1 Å². The highest BCUT2D eigenvalue weighted by molar-refractivity contribution is 7.92. The minimum absolute atomic E-state index is 0.126. The van der Waals surface area contributed by atoms with Crippen molar-refractivity contribution in [1.82, 2.24) is 24.5 Å². The second-order valence-electron chi connectivity index (χ2n) is 7.18. The fraction of sp³-hybridized carbons (Fsp3) is 0.0435. The summed E-state index contributed by atoms with van der Waals surface area (Å²) in [6.07, 6.45) is 6.92. The minimum atomic E-state index is -3.83. The molecule has 0 fully saturated rings. The van der Waals surface area contributed by atoms with Crippen LogP contribution in [0.25, 0.3) is 16.9 Å². The van der Waals surface area contributed by atoms with Crippen molar-refractivity contribution in [2.45, 2.75) is 11.4 Å². The molecule has 0 amide bonds. The molecule has 0 atom stereocenters. The van der Waals surface area contributed by atoms with Crippen molar-refractivity contribution in [2.24, 2.45) is 0 Å². The summed E-state index contributed by atoms with van der Waals surface area (Å²) in [5, 5.41) is 3.19. The van der Waals surface area contributed by atoms with E-state index >= 15 is 0 Å². The van der Waals surface area contributed by atoms with Crippen molar-refractivity contribution in [3.63, 3.8) is 0 Å². The van der Waals surface area contributed by atoms with Gasteiger partial charge in [-0.1, -0.05) is 36.4 Å². The van der Waals surface area contributed by atoms with Crippen LogP contribution >= 0.6 is 0 Å². The second-order valence-corrected chi connectivity index (χ2v) is 8.86. The lowest BCUT2D eigenvalue weighted by Gasteiger charge is -2.14. The van der Waals surface area contributed by atoms with Crippen molar-refractivity contribution < 1.29 is 8.42 Å². The van der Waals surface area contributed by atoms with Crippen molar-refractivity contribution in [2.75, 3.05) is 10.0 Å². The number of nitrogens with zero attached hydrogens (tertiary/aromatic N) is 5. The molecule has 2 N–H and O–H groups in total. The van der Waals surface area contributed by atoms with Gasteiger partial charge in [-0.3, -0.25) is 9.29 Å². The summed E-state index contributed by atoms with van der Waals surface area (Å²) in [5.74, 6) is 1.20. The first kappa shape index (κ1) is 20.6. The number of pyridine rings is 1. The molecule has 2 aromatic carbocycles. The Morgan fingerprint density at radius 3 is 2.24 bits per heavy atom. The molecule has 3 heterocycles. The van der Waals surface area contributed by atoms with Crippen molar-refractivity contribution in [3.05, 3.63) is 97.2 Å². The van der Waals surface area contributed by atoms with Gasteiger partial charge in [-0.2, -0.15) is 0 Å². The molecule has 5 aromatic rings. The molecule has 33 heavy (non-hydrogen) atoms. The van der Waals surface area contributed by atoms with Gasteiger partial charge in [0.15, 0.2) is 11.6 Å². The molecule has 0 unspecified atom stereocenters. The van der Waals surface area contributed by atoms with Gasteiger partial charge < -0.3 is 5.32 Å². The number of nitrogens with one attached hydrogen (secondary N) is 2. The van der Waals surface area contributed by atoms with Crippen LogP contribution < -0.4 is 10.0 Å². The Balaban J connectivity index is 1.43. The third kappa shape index (κ3) is 4.51. The van der Waals surface area contributed by atoms with Crippen molar-refractivity contribution in [1.29, 1.82) is 0 Å². The Morgan fingerprint density at radius 1 is 0.848 bits per heavy atom. The normalized spacial score (nSPS) is 11.4. The van der Waals surface area contributed by atoms with Gasteiger partial charge in [0.25, 0.3) is 10.0 Å². The predicted molar refractivity (Wildman–Crippen MR) is 125 cm³/mol. The van der Waals surface area contributed by atoms with Crippen LogP contribution in [0.3, 0.4) is 0 Å². The SMILES string of the molecule is O=S(=O)(Nc1nc2ccccc2nc1NCc1ccc(-n2ccnc2)nc1)c1ccccc1. The first-order valence-corrected chi connectivity index (χ1v) is 11.6. The molecule has 0 saturated heterocycles. The number of sulfonamides is 1. The molecule has 9 nitrogen and oxygen atoms in total. The van der Waals surface area contributed by atoms with E-state index in [4.69, 9.17) is 0 Å². The van der Waals surface area contributed by atoms with E-state index in [1.807, 2.05) is 41.1 Å². The van der Waals surface area contributed by atoms with Gasteiger partial charge in [-0.05, 0) is 35.9 Å². The highest BCUT2D eigenvalue weighted by atomic mass is 32.2. The molecule has 0 aliphatic rings. The Bertz CT molecular complexity index is 1490. The predicted octanol–water partition coefficient (Wildman–Crippen LogP) is 3.62. The molecule has 164 valence electrons. The lowest BCUT2D eigenvalue weighted by atomic mass is 10.2. The van der Waals surface area contributed by atoms with Crippen molar-refractivity contribution >= 4 is 32.7 Å². The number of hydrogen-bond donors (Lipinski definition) is 2. The van der Waals surface area contributed by atoms with Gasteiger partial charge in [0.2, 0.25) is 0 Å². The van der Waals surface area contributed by atoms with Crippen LogP contribution in [0.15, 0.2) is 96.5 Å². The zero-order valence-electron chi connectivity index (χ0n) is 17.3. The highest BCUT2D eigenvalue weighted by Crippen LogP contribution is 2.24. The smallest absolute Gasteiger partial charge is 0.263 e. The largest absolute Gasteiger partial charge is 0.363 e. The van der Waals surface area contributed by atoms with Crippen LogP contribution in [0, 0.1) is 0 Å². The Kier molecular flexibility index (Phi) is 5.41.